The van der Waals surface area contributed by atoms with Crippen molar-refractivity contribution in [1.29, 1.82) is 0 Å². The van der Waals surface area contributed by atoms with Crippen molar-refractivity contribution < 1.29 is 4.79 Å². The number of nitrogens with zero attached hydrogens (tertiary/aromatic N) is 1. The average molecular weight is 298 g/mol. The van der Waals surface area contributed by atoms with Gasteiger partial charge >= 0.3 is 6.03 Å². The largest absolute Gasteiger partial charge is 0.333 e. The van der Waals surface area contributed by atoms with Crippen LogP contribution in [0.15, 0.2) is 17.5 Å². The quantitative estimate of drug-likeness (QED) is 0.856. The Morgan fingerprint density at radius 1 is 1.42 bits per heavy atom. The van der Waals surface area contributed by atoms with Crippen molar-refractivity contribution >= 4 is 29.1 Å². The van der Waals surface area contributed by atoms with Gasteiger partial charge in [0.1, 0.15) is 0 Å². The molecule has 2 rings (SSSR count). The van der Waals surface area contributed by atoms with Crippen LogP contribution in [0.4, 0.5) is 4.79 Å². The van der Waals surface area contributed by atoms with Crippen molar-refractivity contribution in [1.82, 2.24) is 10.2 Å². The highest BCUT2D eigenvalue weighted by molar-refractivity contribution is 7.99. The van der Waals surface area contributed by atoms with E-state index in [0.29, 0.717) is 5.25 Å². The van der Waals surface area contributed by atoms with Crippen LogP contribution in [0.1, 0.15) is 37.3 Å². The molecule has 3 nitrogen and oxygen atoms in total. The Morgan fingerprint density at radius 2 is 2.21 bits per heavy atom. The molecular weight excluding hydrogens is 276 g/mol. The van der Waals surface area contributed by atoms with Gasteiger partial charge in [0.15, 0.2) is 0 Å². The molecule has 5 heteroatoms. The highest BCUT2D eigenvalue weighted by atomic mass is 32.2. The van der Waals surface area contributed by atoms with Gasteiger partial charge in [-0.25, -0.2) is 4.79 Å². The van der Waals surface area contributed by atoms with Crippen molar-refractivity contribution in [3.63, 3.8) is 0 Å². The molecule has 1 fully saturated rings. The van der Waals surface area contributed by atoms with Crippen LogP contribution >= 0.6 is 23.1 Å². The SMILES string of the molecule is CC(C)(C)NC(=O)N1CCS[C@H](c2cccs2)CC1. The maximum absolute atomic E-state index is 12.2. The number of carbonyl (C=O) groups excluding carboxylic acids is 1. The first-order valence-electron chi connectivity index (χ1n) is 6.68. The predicted octanol–water partition coefficient (Wildman–Crippen LogP) is 3.74. The smallest absolute Gasteiger partial charge is 0.317 e. The van der Waals surface area contributed by atoms with E-state index in [-0.39, 0.29) is 11.6 Å². The Kier molecular flexibility index (Phi) is 4.79. The highest BCUT2D eigenvalue weighted by Gasteiger charge is 2.24. The third-order valence-electron chi connectivity index (χ3n) is 2.97. The van der Waals surface area contributed by atoms with Gasteiger partial charge in [0.05, 0.1) is 0 Å². The molecule has 1 N–H and O–H groups in total. The summed E-state index contributed by atoms with van der Waals surface area (Å²) >= 11 is 3.79. The fraction of sp³-hybridized carbons (Fsp3) is 0.643. The lowest BCUT2D eigenvalue weighted by molar-refractivity contribution is 0.192. The molecule has 0 saturated carbocycles. The molecule has 1 atom stereocenters. The number of rotatable bonds is 1. The van der Waals surface area contributed by atoms with Crippen LogP contribution in [0.5, 0.6) is 0 Å². The number of amides is 2. The van der Waals surface area contributed by atoms with Crippen LogP contribution in [0, 0.1) is 0 Å². The molecule has 2 amide bonds. The summed E-state index contributed by atoms with van der Waals surface area (Å²) in [7, 11) is 0. The van der Waals surface area contributed by atoms with Gasteiger partial charge in [-0.3, -0.25) is 0 Å². The Bertz CT molecular complexity index is 412. The van der Waals surface area contributed by atoms with E-state index < -0.39 is 0 Å². The third-order valence-corrected chi connectivity index (χ3v) is 5.42. The monoisotopic (exact) mass is 298 g/mol. The average Bonchev–Trinajstić information content (AvgIpc) is 2.71. The van der Waals surface area contributed by atoms with Crippen molar-refractivity contribution in [2.45, 2.75) is 38.0 Å². The van der Waals surface area contributed by atoms with Gasteiger partial charge in [-0.1, -0.05) is 6.07 Å². The second-order valence-electron chi connectivity index (χ2n) is 5.83. The summed E-state index contributed by atoms with van der Waals surface area (Å²) in [5, 5.41) is 5.72. The molecule has 1 aliphatic rings. The molecule has 19 heavy (non-hydrogen) atoms. The van der Waals surface area contributed by atoms with Gasteiger partial charge in [0, 0.05) is 34.5 Å². The zero-order valence-electron chi connectivity index (χ0n) is 11.8. The highest BCUT2D eigenvalue weighted by Crippen LogP contribution is 2.36. The Hall–Kier alpha value is -0.680. The minimum absolute atomic E-state index is 0.0694. The van der Waals surface area contributed by atoms with E-state index in [1.807, 2.05) is 48.8 Å². The lowest BCUT2D eigenvalue weighted by Gasteiger charge is -2.27. The van der Waals surface area contributed by atoms with Gasteiger partial charge < -0.3 is 10.2 Å². The molecular formula is C14H22N2OS2. The van der Waals surface area contributed by atoms with E-state index in [0.717, 1.165) is 25.3 Å². The Labute approximate surface area is 123 Å². The maximum Gasteiger partial charge on any atom is 0.317 e. The Morgan fingerprint density at radius 3 is 2.84 bits per heavy atom. The van der Waals surface area contributed by atoms with Crippen molar-refractivity contribution in [3.8, 4) is 0 Å². The fourth-order valence-electron chi connectivity index (χ4n) is 2.08. The fourth-order valence-corrected chi connectivity index (χ4v) is 4.31. The van der Waals surface area contributed by atoms with E-state index in [1.54, 1.807) is 0 Å². The summed E-state index contributed by atoms with van der Waals surface area (Å²) in [5.74, 6) is 1.01. The minimum atomic E-state index is -0.163. The summed E-state index contributed by atoms with van der Waals surface area (Å²) in [5.41, 5.74) is -0.163. The number of urea groups is 1. The number of carbonyl (C=O) groups is 1. The van der Waals surface area contributed by atoms with Gasteiger partial charge in [-0.2, -0.15) is 11.8 Å². The van der Waals surface area contributed by atoms with Crippen molar-refractivity contribution in [2.75, 3.05) is 18.8 Å². The van der Waals surface area contributed by atoms with Gasteiger partial charge in [0.2, 0.25) is 0 Å². The van der Waals surface area contributed by atoms with Gasteiger partial charge in [0.25, 0.3) is 0 Å². The number of thioether (sulfide) groups is 1. The van der Waals surface area contributed by atoms with Crippen LogP contribution in [0.3, 0.4) is 0 Å². The van der Waals surface area contributed by atoms with Gasteiger partial charge in [-0.05, 0) is 38.6 Å². The topological polar surface area (TPSA) is 32.3 Å². The van der Waals surface area contributed by atoms with E-state index in [9.17, 15) is 4.79 Å². The molecule has 0 spiro atoms. The first-order valence-corrected chi connectivity index (χ1v) is 8.61. The molecule has 2 heterocycles. The van der Waals surface area contributed by atoms with Crippen LogP contribution in [0.2, 0.25) is 0 Å². The molecule has 1 saturated heterocycles. The summed E-state index contributed by atoms with van der Waals surface area (Å²) in [4.78, 5) is 15.6. The van der Waals surface area contributed by atoms with E-state index in [2.05, 4.69) is 22.8 Å². The van der Waals surface area contributed by atoms with Gasteiger partial charge in [-0.15, -0.1) is 11.3 Å². The molecule has 1 aromatic rings. The summed E-state index contributed by atoms with van der Waals surface area (Å²) in [6, 6.07) is 4.38. The molecule has 0 bridgehead atoms. The number of hydrogen-bond acceptors (Lipinski definition) is 3. The van der Waals surface area contributed by atoms with Crippen molar-refractivity contribution in [3.05, 3.63) is 22.4 Å². The van der Waals surface area contributed by atoms with Crippen LogP contribution < -0.4 is 5.32 Å². The molecule has 0 radical (unpaired) electrons. The lowest BCUT2D eigenvalue weighted by atomic mass is 10.1. The van der Waals surface area contributed by atoms with E-state index in [1.165, 1.54) is 4.88 Å². The van der Waals surface area contributed by atoms with E-state index >= 15 is 0 Å². The first kappa shape index (κ1) is 14.7. The van der Waals surface area contributed by atoms with E-state index in [4.69, 9.17) is 0 Å². The number of hydrogen-bond donors (Lipinski definition) is 1. The second-order valence-corrected chi connectivity index (χ2v) is 8.12. The predicted molar refractivity (Wildman–Crippen MR) is 84.0 cm³/mol. The second kappa shape index (κ2) is 6.18. The molecule has 0 aliphatic carbocycles. The molecule has 1 aromatic heterocycles. The van der Waals surface area contributed by atoms with Crippen LogP contribution in [-0.4, -0.2) is 35.3 Å². The van der Waals surface area contributed by atoms with Crippen molar-refractivity contribution in [2.24, 2.45) is 0 Å². The molecule has 0 unspecified atom stereocenters. The normalized spacial score (nSPS) is 21.0. The molecule has 1 aliphatic heterocycles. The Balaban J connectivity index is 1.91. The third kappa shape index (κ3) is 4.42. The first-order chi connectivity index (χ1) is 8.96. The molecule has 106 valence electrons. The van der Waals surface area contributed by atoms with Crippen LogP contribution in [0.25, 0.3) is 0 Å². The number of thiophene rings is 1. The summed E-state index contributed by atoms with van der Waals surface area (Å²) < 4.78 is 0. The summed E-state index contributed by atoms with van der Waals surface area (Å²) in [6.45, 7) is 7.75. The van der Waals surface area contributed by atoms with Crippen LogP contribution in [-0.2, 0) is 0 Å². The number of nitrogens with one attached hydrogen (secondary N) is 1. The standard InChI is InChI=1S/C14H22N2OS2/c1-14(2,3)15-13(17)16-7-6-12(19-10-8-16)11-5-4-9-18-11/h4-5,9,12H,6-8,10H2,1-3H3,(H,15,17)/t12-/m0/s1. The zero-order chi connectivity index (χ0) is 13.9. The molecule has 0 aromatic carbocycles. The minimum Gasteiger partial charge on any atom is -0.333 e. The maximum atomic E-state index is 12.2. The summed E-state index contributed by atoms with van der Waals surface area (Å²) in [6.07, 6.45) is 1.04. The lowest BCUT2D eigenvalue weighted by Crippen LogP contribution is -2.49. The zero-order valence-corrected chi connectivity index (χ0v) is 13.4.